The van der Waals surface area contributed by atoms with Crippen molar-refractivity contribution in [1.82, 2.24) is 10.1 Å². The van der Waals surface area contributed by atoms with Crippen LogP contribution < -0.4 is 0 Å². The lowest BCUT2D eigenvalue weighted by Crippen LogP contribution is -2.36. The average Bonchev–Trinajstić information content (AvgIpc) is 2.63. The van der Waals surface area contributed by atoms with Crippen LogP contribution in [0.2, 0.25) is 0 Å². The molecule has 3 aliphatic rings. The molecule has 1 aromatic heterocycles. The van der Waals surface area contributed by atoms with Crippen LogP contribution in [0.3, 0.4) is 0 Å². The zero-order chi connectivity index (χ0) is 10.8. The second-order valence-electron chi connectivity index (χ2n) is 4.93. The van der Waals surface area contributed by atoms with Gasteiger partial charge in [0.25, 0.3) is 0 Å². The highest BCUT2D eigenvalue weighted by molar-refractivity contribution is 5.42. The fourth-order valence-corrected chi connectivity index (χ4v) is 2.99. The van der Waals surface area contributed by atoms with Crippen molar-refractivity contribution in [2.24, 2.45) is 11.8 Å². The van der Waals surface area contributed by atoms with Gasteiger partial charge in [-0.25, -0.2) is 0 Å². The Morgan fingerprint density at radius 2 is 2.38 bits per heavy atom. The zero-order valence-corrected chi connectivity index (χ0v) is 9.51. The lowest BCUT2D eigenvalue weighted by atomic mass is 9.84. The molecule has 4 rings (SSSR count). The molecule has 1 aromatic rings. The van der Waals surface area contributed by atoms with Crippen molar-refractivity contribution in [3.8, 4) is 0 Å². The molecular weight excluding hydrogens is 200 g/mol. The smallest absolute Gasteiger partial charge is 0.159 e. The number of nitrogens with zero attached hydrogens (tertiary/aromatic N) is 2. The summed E-state index contributed by atoms with van der Waals surface area (Å²) in [6.07, 6.45) is 10.2. The van der Waals surface area contributed by atoms with E-state index >= 15 is 0 Å². The zero-order valence-electron chi connectivity index (χ0n) is 9.51. The van der Waals surface area contributed by atoms with Crippen LogP contribution in [0.4, 0.5) is 0 Å². The van der Waals surface area contributed by atoms with Gasteiger partial charge in [0.2, 0.25) is 0 Å². The maximum absolute atomic E-state index is 5.09. The molecule has 16 heavy (non-hydrogen) atoms. The summed E-state index contributed by atoms with van der Waals surface area (Å²) in [5.41, 5.74) is 0. The standard InChI is InChI=1S/C13H18N2O/c1-2-11-6-9-15(8-1)10-12(11)3-4-13-5-7-14-16-13/h3-5,7,11-12H,1-2,6,8-10H2/b4-3-. The molecule has 0 amide bonds. The minimum atomic E-state index is 0.710. The highest BCUT2D eigenvalue weighted by Gasteiger charge is 2.30. The van der Waals surface area contributed by atoms with E-state index in [-0.39, 0.29) is 0 Å². The van der Waals surface area contributed by atoms with Crippen LogP contribution in [0.1, 0.15) is 25.0 Å². The first-order chi connectivity index (χ1) is 7.92. The maximum atomic E-state index is 5.09. The van der Waals surface area contributed by atoms with Gasteiger partial charge in [-0.15, -0.1) is 0 Å². The summed E-state index contributed by atoms with van der Waals surface area (Å²) in [5.74, 6) is 2.47. The Balaban J connectivity index is 1.70. The summed E-state index contributed by atoms with van der Waals surface area (Å²) in [6.45, 7) is 3.83. The molecule has 3 atom stereocenters. The monoisotopic (exact) mass is 218 g/mol. The van der Waals surface area contributed by atoms with E-state index in [1.807, 2.05) is 6.07 Å². The van der Waals surface area contributed by atoms with E-state index in [1.165, 1.54) is 38.9 Å². The summed E-state index contributed by atoms with van der Waals surface area (Å²) in [5, 5.41) is 3.72. The number of hydrogen-bond acceptors (Lipinski definition) is 3. The van der Waals surface area contributed by atoms with Gasteiger partial charge in [0.1, 0.15) is 0 Å². The first kappa shape index (κ1) is 10.1. The van der Waals surface area contributed by atoms with Gasteiger partial charge >= 0.3 is 0 Å². The van der Waals surface area contributed by atoms with Crippen molar-refractivity contribution in [1.29, 1.82) is 0 Å². The lowest BCUT2D eigenvalue weighted by molar-refractivity contribution is 0.182. The average molecular weight is 218 g/mol. The highest BCUT2D eigenvalue weighted by Crippen LogP contribution is 2.32. The van der Waals surface area contributed by atoms with Crippen molar-refractivity contribution < 1.29 is 4.52 Å². The first-order valence-electron chi connectivity index (χ1n) is 6.23. The van der Waals surface area contributed by atoms with E-state index in [9.17, 15) is 0 Å². The van der Waals surface area contributed by atoms with Crippen molar-refractivity contribution in [2.45, 2.75) is 19.3 Å². The Morgan fingerprint density at radius 3 is 3.25 bits per heavy atom. The lowest BCUT2D eigenvalue weighted by Gasteiger charge is -2.32. The second-order valence-corrected chi connectivity index (χ2v) is 4.93. The van der Waals surface area contributed by atoms with Crippen LogP contribution in [0.25, 0.3) is 6.08 Å². The molecule has 3 nitrogen and oxygen atoms in total. The quantitative estimate of drug-likeness (QED) is 0.763. The third-order valence-corrected chi connectivity index (χ3v) is 3.91. The molecule has 2 bridgehead atoms. The Kier molecular flexibility index (Phi) is 2.79. The molecule has 0 saturated carbocycles. The largest absolute Gasteiger partial charge is 0.357 e. The molecule has 3 unspecified atom stereocenters. The summed E-state index contributed by atoms with van der Waals surface area (Å²) in [4.78, 5) is 2.60. The Morgan fingerprint density at radius 1 is 1.38 bits per heavy atom. The first-order valence-corrected chi connectivity index (χ1v) is 6.23. The predicted molar refractivity (Wildman–Crippen MR) is 62.8 cm³/mol. The van der Waals surface area contributed by atoms with Gasteiger partial charge < -0.3 is 9.42 Å². The van der Waals surface area contributed by atoms with Crippen LogP contribution >= 0.6 is 0 Å². The Bertz CT molecular complexity index is 354. The molecule has 3 aliphatic heterocycles. The molecule has 0 N–H and O–H groups in total. The van der Waals surface area contributed by atoms with Crippen molar-refractivity contribution in [3.05, 3.63) is 24.1 Å². The minimum absolute atomic E-state index is 0.710. The van der Waals surface area contributed by atoms with Gasteiger partial charge in [-0.1, -0.05) is 11.2 Å². The fourth-order valence-electron chi connectivity index (χ4n) is 2.99. The van der Waals surface area contributed by atoms with Crippen LogP contribution in [0.5, 0.6) is 0 Å². The highest BCUT2D eigenvalue weighted by atomic mass is 16.5. The van der Waals surface area contributed by atoms with Gasteiger partial charge in [0.05, 0.1) is 6.20 Å². The van der Waals surface area contributed by atoms with E-state index in [0.29, 0.717) is 5.92 Å². The van der Waals surface area contributed by atoms with Gasteiger partial charge in [-0.05, 0) is 50.3 Å². The molecule has 3 heteroatoms. The molecule has 0 aliphatic carbocycles. The SMILES string of the molecule is C(=C/C1CN2CCCC1CC2)/c1ccno1. The third-order valence-electron chi connectivity index (χ3n) is 3.91. The molecule has 3 saturated heterocycles. The van der Waals surface area contributed by atoms with Crippen molar-refractivity contribution in [3.63, 3.8) is 0 Å². The second kappa shape index (κ2) is 4.42. The van der Waals surface area contributed by atoms with E-state index in [1.54, 1.807) is 6.20 Å². The van der Waals surface area contributed by atoms with Crippen LogP contribution in [0.15, 0.2) is 22.9 Å². The van der Waals surface area contributed by atoms with Gasteiger partial charge in [-0.2, -0.15) is 0 Å². The maximum Gasteiger partial charge on any atom is 0.159 e. The normalized spacial score (nSPS) is 34.4. The van der Waals surface area contributed by atoms with Crippen molar-refractivity contribution in [2.75, 3.05) is 19.6 Å². The Hall–Kier alpha value is -1.09. The van der Waals surface area contributed by atoms with Crippen molar-refractivity contribution >= 4 is 6.08 Å². The molecule has 86 valence electrons. The topological polar surface area (TPSA) is 29.3 Å². The predicted octanol–water partition coefficient (Wildman–Crippen LogP) is 2.42. The number of rotatable bonds is 2. The third kappa shape index (κ3) is 2.05. The number of hydrogen-bond donors (Lipinski definition) is 0. The van der Waals surface area contributed by atoms with Gasteiger partial charge in [0.15, 0.2) is 5.76 Å². The van der Waals surface area contributed by atoms with Gasteiger partial charge in [-0.3, -0.25) is 0 Å². The summed E-state index contributed by atoms with van der Waals surface area (Å²) in [6, 6.07) is 1.91. The van der Waals surface area contributed by atoms with E-state index in [2.05, 4.69) is 22.2 Å². The Labute approximate surface area is 96.1 Å². The van der Waals surface area contributed by atoms with E-state index < -0.39 is 0 Å². The van der Waals surface area contributed by atoms with Crippen LogP contribution in [-0.2, 0) is 0 Å². The van der Waals surface area contributed by atoms with Gasteiger partial charge in [0, 0.05) is 12.6 Å². The van der Waals surface area contributed by atoms with Crippen LogP contribution in [-0.4, -0.2) is 29.7 Å². The number of aromatic nitrogens is 1. The molecular formula is C13H18N2O. The van der Waals surface area contributed by atoms with E-state index in [4.69, 9.17) is 4.52 Å². The number of fused-ring (bicyclic) bond motifs is 4. The summed E-state index contributed by atoms with van der Waals surface area (Å²) >= 11 is 0. The fraction of sp³-hybridized carbons (Fsp3) is 0.615. The summed E-state index contributed by atoms with van der Waals surface area (Å²) < 4.78 is 5.09. The van der Waals surface area contributed by atoms with E-state index in [0.717, 1.165) is 11.7 Å². The summed E-state index contributed by atoms with van der Waals surface area (Å²) in [7, 11) is 0. The number of piperidine rings is 1. The molecule has 0 aromatic carbocycles. The molecule has 4 heterocycles. The molecule has 0 radical (unpaired) electrons. The minimum Gasteiger partial charge on any atom is -0.357 e. The molecule has 0 spiro atoms. The van der Waals surface area contributed by atoms with Crippen LogP contribution in [0, 0.1) is 11.8 Å². The molecule has 3 fully saturated rings.